The first-order valence-electron chi connectivity index (χ1n) is 8.01. The molecule has 0 aliphatic heterocycles. The van der Waals surface area contributed by atoms with Gasteiger partial charge in [0.15, 0.2) is 0 Å². The van der Waals surface area contributed by atoms with Crippen molar-refractivity contribution < 1.29 is 19.1 Å². The molecule has 5 nitrogen and oxygen atoms in total. The van der Waals surface area contributed by atoms with Gasteiger partial charge in [-0.2, -0.15) is 0 Å². The number of carboxylic acids is 1. The second-order valence-corrected chi connectivity index (χ2v) is 6.49. The molecule has 24 heavy (non-hydrogen) atoms. The maximum atomic E-state index is 12.6. The minimum absolute atomic E-state index is 0.00565. The van der Waals surface area contributed by atoms with Gasteiger partial charge in [0, 0.05) is 13.0 Å². The molecule has 0 saturated heterocycles. The van der Waals surface area contributed by atoms with Crippen molar-refractivity contribution in [3.05, 3.63) is 58.5 Å². The van der Waals surface area contributed by atoms with E-state index in [0.717, 1.165) is 6.42 Å². The molecule has 2 aromatic rings. The van der Waals surface area contributed by atoms with Crippen LogP contribution in [0.15, 0.2) is 34.7 Å². The number of carbonyl (C=O) groups excluding carboxylic acids is 1. The third-order valence-electron chi connectivity index (χ3n) is 4.66. The lowest BCUT2D eigenvalue weighted by Gasteiger charge is -2.16. The van der Waals surface area contributed by atoms with E-state index >= 15 is 0 Å². The molecule has 1 fully saturated rings. The summed E-state index contributed by atoms with van der Waals surface area (Å²) < 4.78 is 5.45. The van der Waals surface area contributed by atoms with Gasteiger partial charge in [0.1, 0.15) is 17.1 Å². The van der Waals surface area contributed by atoms with Crippen molar-refractivity contribution in [2.45, 2.75) is 32.7 Å². The Morgan fingerprint density at radius 2 is 2.00 bits per heavy atom. The van der Waals surface area contributed by atoms with Gasteiger partial charge in [0.25, 0.3) is 0 Å². The predicted molar refractivity (Wildman–Crippen MR) is 88.9 cm³/mol. The number of hydrogen-bond acceptors (Lipinski definition) is 3. The molecule has 1 aromatic heterocycles. The Hall–Kier alpha value is -2.56. The first kappa shape index (κ1) is 16.3. The molecule has 0 unspecified atom stereocenters. The number of carboxylic acid groups (broad SMARTS) is 1. The Morgan fingerprint density at radius 1 is 1.29 bits per heavy atom. The molecule has 3 rings (SSSR count). The fraction of sp³-hybridized carbons (Fsp3) is 0.368. The van der Waals surface area contributed by atoms with Crippen molar-refractivity contribution >= 4 is 11.9 Å². The number of rotatable bonds is 5. The number of nitrogens with zero attached hydrogens (tertiary/aromatic N) is 1. The summed E-state index contributed by atoms with van der Waals surface area (Å²) in [5.74, 6) is 0.212. The SMILES string of the molecule is Cc1ccccc1[C@@H]1C[C@H]1C(=O)N(C)Cc1cc(C(=O)O)c(C)o1. The van der Waals surface area contributed by atoms with Crippen LogP contribution in [-0.4, -0.2) is 28.9 Å². The molecular weight excluding hydrogens is 306 g/mol. The normalized spacial score (nSPS) is 19.1. The summed E-state index contributed by atoms with van der Waals surface area (Å²) in [7, 11) is 1.73. The minimum Gasteiger partial charge on any atom is -0.478 e. The van der Waals surface area contributed by atoms with Gasteiger partial charge in [-0.05, 0) is 43.4 Å². The second kappa shape index (κ2) is 6.15. The lowest BCUT2D eigenvalue weighted by Crippen LogP contribution is -2.27. The van der Waals surface area contributed by atoms with E-state index in [1.165, 1.54) is 17.2 Å². The van der Waals surface area contributed by atoms with E-state index < -0.39 is 5.97 Å². The predicted octanol–water partition coefficient (Wildman–Crippen LogP) is 3.36. The molecule has 0 bridgehead atoms. The molecule has 1 saturated carbocycles. The lowest BCUT2D eigenvalue weighted by atomic mass is 10.0. The highest BCUT2D eigenvalue weighted by atomic mass is 16.4. The lowest BCUT2D eigenvalue weighted by molar-refractivity contribution is -0.132. The summed E-state index contributed by atoms with van der Waals surface area (Å²) in [6.07, 6.45) is 0.867. The summed E-state index contributed by atoms with van der Waals surface area (Å²) in [5.41, 5.74) is 2.61. The first-order chi connectivity index (χ1) is 11.4. The molecule has 1 aliphatic carbocycles. The van der Waals surface area contributed by atoms with Crippen LogP contribution in [0.1, 0.15) is 45.3 Å². The van der Waals surface area contributed by atoms with Crippen LogP contribution in [0.2, 0.25) is 0 Å². The van der Waals surface area contributed by atoms with Crippen molar-refractivity contribution in [3.8, 4) is 0 Å². The van der Waals surface area contributed by atoms with Gasteiger partial charge in [0.2, 0.25) is 5.91 Å². The Kier molecular flexibility index (Phi) is 4.18. The first-order valence-corrected chi connectivity index (χ1v) is 8.01. The van der Waals surface area contributed by atoms with Crippen LogP contribution in [-0.2, 0) is 11.3 Å². The fourth-order valence-corrected chi connectivity index (χ4v) is 3.24. The average Bonchev–Trinajstić information content (AvgIpc) is 3.23. The number of hydrogen-bond donors (Lipinski definition) is 1. The van der Waals surface area contributed by atoms with Crippen molar-refractivity contribution in [2.24, 2.45) is 5.92 Å². The third kappa shape index (κ3) is 3.07. The molecule has 1 N–H and O–H groups in total. The molecule has 5 heteroatoms. The summed E-state index contributed by atoms with van der Waals surface area (Å²) in [5, 5.41) is 9.07. The van der Waals surface area contributed by atoms with E-state index in [1.807, 2.05) is 12.1 Å². The van der Waals surface area contributed by atoms with Crippen LogP contribution >= 0.6 is 0 Å². The molecular formula is C19H21NO4. The highest BCUT2D eigenvalue weighted by Gasteiger charge is 2.45. The summed E-state index contributed by atoms with van der Waals surface area (Å²) in [6, 6.07) is 9.65. The maximum Gasteiger partial charge on any atom is 0.339 e. The number of aromatic carboxylic acids is 1. The quantitative estimate of drug-likeness (QED) is 0.914. The van der Waals surface area contributed by atoms with Gasteiger partial charge in [-0.25, -0.2) is 4.79 Å². The largest absolute Gasteiger partial charge is 0.478 e. The Bertz CT molecular complexity index is 792. The van der Waals surface area contributed by atoms with Crippen LogP contribution in [0.3, 0.4) is 0 Å². The summed E-state index contributed by atoms with van der Waals surface area (Å²) >= 11 is 0. The highest BCUT2D eigenvalue weighted by molar-refractivity contribution is 5.89. The van der Waals surface area contributed by atoms with Gasteiger partial charge in [0.05, 0.1) is 6.54 Å². The van der Waals surface area contributed by atoms with Crippen LogP contribution < -0.4 is 0 Å². The van der Waals surface area contributed by atoms with Gasteiger partial charge >= 0.3 is 5.97 Å². The van der Waals surface area contributed by atoms with Gasteiger partial charge in [-0.15, -0.1) is 0 Å². The van der Waals surface area contributed by atoms with Gasteiger partial charge in [-0.1, -0.05) is 24.3 Å². The van der Waals surface area contributed by atoms with E-state index in [-0.39, 0.29) is 29.9 Å². The number of benzene rings is 1. The third-order valence-corrected chi connectivity index (χ3v) is 4.66. The topological polar surface area (TPSA) is 70.8 Å². The molecule has 2 atom stereocenters. The van der Waals surface area contributed by atoms with E-state index in [1.54, 1.807) is 18.9 Å². The monoisotopic (exact) mass is 327 g/mol. The number of carbonyl (C=O) groups is 2. The molecule has 1 aromatic carbocycles. The number of aryl methyl sites for hydroxylation is 2. The Balaban J connectivity index is 1.65. The number of furan rings is 1. The Labute approximate surface area is 140 Å². The summed E-state index contributed by atoms with van der Waals surface area (Å²) in [6.45, 7) is 3.96. The van der Waals surface area contributed by atoms with Crippen LogP contribution in [0.4, 0.5) is 0 Å². The average molecular weight is 327 g/mol. The van der Waals surface area contributed by atoms with E-state index in [0.29, 0.717) is 11.5 Å². The molecule has 126 valence electrons. The van der Waals surface area contributed by atoms with E-state index in [4.69, 9.17) is 9.52 Å². The van der Waals surface area contributed by atoms with Crippen LogP contribution in [0.25, 0.3) is 0 Å². The number of amides is 1. The molecule has 0 radical (unpaired) electrons. The van der Waals surface area contributed by atoms with Crippen LogP contribution in [0.5, 0.6) is 0 Å². The smallest absolute Gasteiger partial charge is 0.339 e. The molecule has 0 spiro atoms. The standard InChI is InChI=1S/C19H21NO4/c1-11-6-4-5-7-14(11)16-9-17(16)18(21)20(3)10-13-8-15(19(22)23)12(2)24-13/h4-8,16-17H,9-10H2,1-3H3,(H,22,23)/t16-,17+/m0/s1. The van der Waals surface area contributed by atoms with Crippen molar-refractivity contribution in [1.82, 2.24) is 4.90 Å². The van der Waals surface area contributed by atoms with E-state index in [9.17, 15) is 9.59 Å². The van der Waals surface area contributed by atoms with Gasteiger partial charge in [-0.3, -0.25) is 4.79 Å². The fourth-order valence-electron chi connectivity index (χ4n) is 3.24. The molecule has 1 amide bonds. The highest BCUT2D eigenvalue weighted by Crippen LogP contribution is 2.49. The minimum atomic E-state index is -1.02. The second-order valence-electron chi connectivity index (χ2n) is 6.49. The molecule has 1 aliphatic rings. The zero-order chi connectivity index (χ0) is 17.4. The van der Waals surface area contributed by atoms with Crippen molar-refractivity contribution in [2.75, 3.05) is 7.05 Å². The molecule has 1 heterocycles. The van der Waals surface area contributed by atoms with E-state index in [2.05, 4.69) is 19.1 Å². The summed E-state index contributed by atoms with van der Waals surface area (Å²) in [4.78, 5) is 25.3. The zero-order valence-electron chi connectivity index (χ0n) is 14.1. The maximum absolute atomic E-state index is 12.6. The van der Waals surface area contributed by atoms with Gasteiger partial charge < -0.3 is 14.4 Å². The Morgan fingerprint density at radius 3 is 2.62 bits per heavy atom. The van der Waals surface area contributed by atoms with Crippen LogP contribution in [0, 0.1) is 19.8 Å². The van der Waals surface area contributed by atoms with Crippen molar-refractivity contribution in [1.29, 1.82) is 0 Å². The van der Waals surface area contributed by atoms with Crippen molar-refractivity contribution in [3.63, 3.8) is 0 Å². The zero-order valence-corrected chi connectivity index (χ0v) is 14.1.